The highest BCUT2D eigenvalue weighted by molar-refractivity contribution is 5.85. The lowest BCUT2D eigenvalue weighted by Gasteiger charge is -2.38. The fourth-order valence-electron chi connectivity index (χ4n) is 4.23. The number of fused-ring (bicyclic) bond motifs is 1. The van der Waals surface area contributed by atoms with E-state index in [9.17, 15) is 9.59 Å². The Bertz CT molecular complexity index is 420. The van der Waals surface area contributed by atoms with Crippen molar-refractivity contribution in [3.05, 3.63) is 0 Å². The lowest BCUT2D eigenvalue weighted by molar-refractivity contribution is -0.148. The minimum atomic E-state index is -0.299. The van der Waals surface area contributed by atoms with Crippen molar-refractivity contribution in [2.45, 2.75) is 53.1 Å². The summed E-state index contributed by atoms with van der Waals surface area (Å²) >= 11 is 0. The van der Waals surface area contributed by atoms with Gasteiger partial charge in [0.1, 0.15) is 11.9 Å². The highest BCUT2D eigenvalue weighted by Gasteiger charge is 2.67. The van der Waals surface area contributed by atoms with Gasteiger partial charge in [0.15, 0.2) is 0 Å². The van der Waals surface area contributed by atoms with E-state index >= 15 is 0 Å². The second-order valence-corrected chi connectivity index (χ2v) is 7.65. The summed E-state index contributed by atoms with van der Waals surface area (Å²) in [5.41, 5.74) is -0.412. The number of hydrogen-bond acceptors (Lipinski definition) is 3. The molecule has 3 nitrogen and oxygen atoms in total. The number of esters is 1. The van der Waals surface area contributed by atoms with Crippen molar-refractivity contribution in [2.75, 3.05) is 0 Å². The Hall–Kier alpha value is -0.860. The van der Waals surface area contributed by atoms with Crippen molar-refractivity contribution in [3.8, 4) is 0 Å². The Kier molecular flexibility index (Phi) is 2.28. The van der Waals surface area contributed by atoms with Crippen LogP contribution in [0.3, 0.4) is 0 Å². The van der Waals surface area contributed by atoms with Crippen LogP contribution in [-0.2, 0) is 14.3 Å². The largest absolute Gasteiger partial charge is 0.461 e. The average molecular weight is 250 g/mol. The fraction of sp³-hybridized carbons (Fsp3) is 0.867. The van der Waals surface area contributed by atoms with Gasteiger partial charge in [0.25, 0.3) is 0 Å². The molecule has 2 aliphatic carbocycles. The molecule has 1 saturated heterocycles. The third-order valence-corrected chi connectivity index (χ3v) is 5.51. The summed E-state index contributed by atoms with van der Waals surface area (Å²) < 4.78 is 5.58. The molecule has 3 aliphatic rings. The normalized spacial score (nSPS) is 45.4. The molecule has 0 aromatic heterocycles. The molecular weight excluding hydrogens is 228 g/mol. The van der Waals surface area contributed by atoms with E-state index in [1.165, 1.54) is 0 Å². The Morgan fingerprint density at radius 3 is 2.67 bits per heavy atom. The number of hydrogen-bond donors (Lipinski definition) is 0. The quantitative estimate of drug-likeness (QED) is 0.707. The van der Waals surface area contributed by atoms with Crippen LogP contribution < -0.4 is 0 Å². The summed E-state index contributed by atoms with van der Waals surface area (Å²) in [5, 5.41) is 0. The van der Waals surface area contributed by atoms with E-state index in [1.54, 1.807) is 0 Å². The molecule has 3 rings (SSSR count). The van der Waals surface area contributed by atoms with Crippen LogP contribution in [0.1, 0.15) is 47.0 Å². The van der Waals surface area contributed by atoms with E-state index in [4.69, 9.17) is 4.74 Å². The number of Topliss-reactive ketones (excluding diaryl/α,β-unsaturated/α-hetero) is 1. The molecule has 5 unspecified atom stereocenters. The van der Waals surface area contributed by atoms with Crippen molar-refractivity contribution in [3.63, 3.8) is 0 Å². The molecule has 5 atom stereocenters. The van der Waals surface area contributed by atoms with Crippen LogP contribution in [0.4, 0.5) is 0 Å². The van der Waals surface area contributed by atoms with Crippen LogP contribution >= 0.6 is 0 Å². The highest BCUT2D eigenvalue weighted by Crippen LogP contribution is 2.64. The predicted molar refractivity (Wildman–Crippen MR) is 66.8 cm³/mol. The van der Waals surface area contributed by atoms with Gasteiger partial charge in [-0.25, -0.2) is 0 Å². The van der Waals surface area contributed by atoms with Crippen molar-refractivity contribution in [1.82, 2.24) is 0 Å². The second-order valence-electron chi connectivity index (χ2n) is 7.65. The van der Waals surface area contributed by atoms with Crippen molar-refractivity contribution < 1.29 is 14.3 Å². The molecule has 1 aliphatic heterocycles. The van der Waals surface area contributed by atoms with Gasteiger partial charge < -0.3 is 4.74 Å². The molecule has 0 aromatic carbocycles. The van der Waals surface area contributed by atoms with Crippen LogP contribution in [0.2, 0.25) is 0 Å². The van der Waals surface area contributed by atoms with Gasteiger partial charge in [-0.1, -0.05) is 27.7 Å². The standard InChI is InChI=1S/C15H22O3/c1-14(2,3)11(16)7-15(4)8-5-9-10(6-8)13(17)18-12(9)15/h8-10,12H,5-7H2,1-4H3. The molecule has 18 heavy (non-hydrogen) atoms. The lowest BCUT2D eigenvalue weighted by atomic mass is 9.66. The summed E-state index contributed by atoms with van der Waals surface area (Å²) in [4.78, 5) is 24.1. The van der Waals surface area contributed by atoms with Gasteiger partial charge >= 0.3 is 5.97 Å². The molecule has 2 saturated carbocycles. The van der Waals surface area contributed by atoms with E-state index in [0.717, 1.165) is 12.8 Å². The second kappa shape index (κ2) is 3.37. The number of carbonyl (C=O) groups is 2. The first-order valence-corrected chi connectivity index (χ1v) is 6.97. The molecule has 100 valence electrons. The van der Waals surface area contributed by atoms with Crippen LogP contribution in [-0.4, -0.2) is 17.9 Å². The molecule has 3 heteroatoms. The van der Waals surface area contributed by atoms with Gasteiger partial charge in [0.05, 0.1) is 5.92 Å². The minimum Gasteiger partial charge on any atom is -0.461 e. The van der Waals surface area contributed by atoms with Gasteiger partial charge in [-0.2, -0.15) is 0 Å². The first-order chi connectivity index (χ1) is 8.23. The first-order valence-electron chi connectivity index (χ1n) is 6.97. The highest BCUT2D eigenvalue weighted by atomic mass is 16.6. The monoisotopic (exact) mass is 250 g/mol. The predicted octanol–water partition coefficient (Wildman–Crippen LogP) is 2.58. The molecular formula is C15H22O3. The molecule has 2 bridgehead atoms. The summed E-state index contributed by atoms with van der Waals surface area (Å²) in [6.07, 6.45) is 2.57. The number of carbonyl (C=O) groups excluding carboxylic acids is 2. The van der Waals surface area contributed by atoms with Crippen molar-refractivity contribution in [1.29, 1.82) is 0 Å². The smallest absolute Gasteiger partial charge is 0.309 e. The molecule has 1 heterocycles. The van der Waals surface area contributed by atoms with E-state index in [0.29, 0.717) is 18.3 Å². The summed E-state index contributed by atoms with van der Waals surface area (Å²) in [6.45, 7) is 8.06. The van der Waals surface area contributed by atoms with Crippen molar-refractivity contribution >= 4 is 11.8 Å². The van der Waals surface area contributed by atoms with Crippen molar-refractivity contribution in [2.24, 2.45) is 28.6 Å². The molecule has 3 fully saturated rings. The van der Waals surface area contributed by atoms with Gasteiger partial charge in [0, 0.05) is 23.2 Å². The average Bonchev–Trinajstić information content (AvgIpc) is 2.82. The van der Waals surface area contributed by atoms with E-state index in [2.05, 4.69) is 6.92 Å². The van der Waals surface area contributed by atoms with Crippen LogP contribution in [0, 0.1) is 28.6 Å². The Morgan fingerprint density at radius 1 is 1.39 bits per heavy atom. The molecule has 0 aromatic rings. The lowest BCUT2D eigenvalue weighted by Crippen LogP contribution is -2.41. The third kappa shape index (κ3) is 1.42. The SMILES string of the molecule is CC(C)(C)C(=O)CC1(C)C2CC3C(=O)OC1C3C2. The maximum absolute atomic E-state index is 12.3. The summed E-state index contributed by atoms with van der Waals surface area (Å²) in [5.74, 6) is 1.30. The van der Waals surface area contributed by atoms with Crippen LogP contribution in [0.25, 0.3) is 0 Å². The third-order valence-electron chi connectivity index (χ3n) is 5.51. The Labute approximate surface area is 108 Å². The summed E-state index contributed by atoms with van der Waals surface area (Å²) in [7, 11) is 0. The zero-order valence-electron chi connectivity index (χ0n) is 11.7. The topological polar surface area (TPSA) is 43.4 Å². The molecule has 0 radical (unpaired) electrons. The van der Waals surface area contributed by atoms with Gasteiger partial charge in [0.2, 0.25) is 0 Å². The number of ketones is 1. The van der Waals surface area contributed by atoms with Gasteiger partial charge in [-0.05, 0) is 18.8 Å². The minimum absolute atomic E-state index is 0.0000463. The maximum Gasteiger partial charge on any atom is 0.309 e. The van der Waals surface area contributed by atoms with Gasteiger partial charge in [-0.3, -0.25) is 9.59 Å². The zero-order valence-corrected chi connectivity index (χ0v) is 11.7. The fourth-order valence-corrected chi connectivity index (χ4v) is 4.23. The zero-order chi connectivity index (χ0) is 13.3. The Balaban J connectivity index is 1.85. The Morgan fingerprint density at radius 2 is 2.06 bits per heavy atom. The van der Waals surface area contributed by atoms with Crippen LogP contribution in [0.15, 0.2) is 0 Å². The first kappa shape index (κ1) is 12.2. The van der Waals surface area contributed by atoms with E-state index in [1.807, 2.05) is 20.8 Å². The molecule has 0 N–H and O–H groups in total. The number of ether oxygens (including phenoxy) is 1. The van der Waals surface area contributed by atoms with Crippen LogP contribution in [0.5, 0.6) is 0 Å². The number of rotatable bonds is 2. The van der Waals surface area contributed by atoms with E-state index in [-0.39, 0.29) is 34.6 Å². The molecule has 0 spiro atoms. The van der Waals surface area contributed by atoms with E-state index < -0.39 is 0 Å². The maximum atomic E-state index is 12.3. The summed E-state index contributed by atoms with van der Waals surface area (Å²) in [6, 6.07) is 0. The van der Waals surface area contributed by atoms with Gasteiger partial charge in [-0.15, -0.1) is 0 Å². The molecule has 0 amide bonds.